The van der Waals surface area contributed by atoms with Crippen molar-refractivity contribution in [2.45, 2.75) is 32.2 Å². The fourth-order valence-electron chi connectivity index (χ4n) is 3.18. The maximum absolute atomic E-state index is 13.2. The van der Waals surface area contributed by atoms with Gasteiger partial charge < -0.3 is 14.8 Å². The smallest absolute Gasteiger partial charge is 0.395 e. The summed E-state index contributed by atoms with van der Waals surface area (Å²) in [6, 6.07) is 5.80. The third kappa shape index (κ3) is 4.07. The van der Waals surface area contributed by atoms with Crippen LogP contribution in [0.15, 0.2) is 42.7 Å². The van der Waals surface area contributed by atoms with Gasteiger partial charge in [-0.25, -0.2) is 9.67 Å². The second-order valence-electron chi connectivity index (χ2n) is 7.20. The molecule has 1 aliphatic heterocycles. The maximum atomic E-state index is 13.2. The molecule has 0 unspecified atom stereocenters. The molecule has 4 rings (SSSR count). The number of hydrogen-bond donors (Lipinski definition) is 1. The summed E-state index contributed by atoms with van der Waals surface area (Å²) in [6.07, 6.45) is -6.38. The van der Waals surface area contributed by atoms with Crippen LogP contribution < -0.4 is 14.8 Å². The molecule has 32 heavy (non-hydrogen) atoms. The lowest BCUT2D eigenvalue weighted by atomic mass is 10.1. The number of fused-ring (bicyclic) bond motifs is 1. The van der Waals surface area contributed by atoms with E-state index in [1.54, 1.807) is 13.8 Å². The summed E-state index contributed by atoms with van der Waals surface area (Å²) in [5, 5.41) is 6.67. The van der Waals surface area contributed by atoms with E-state index < -0.39 is 23.9 Å². The number of anilines is 1. The highest BCUT2D eigenvalue weighted by molar-refractivity contribution is 6.05. The van der Waals surface area contributed by atoms with Crippen molar-refractivity contribution in [1.29, 1.82) is 0 Å². The number of benzene rings is 1. The fraction of sp³-hybridized carbons (Fsp3) is 0.250. The van der Waals surface area contributed by atoms with Crippen LogP contribution in [0.4, 0.5) is 27.6 Å². The molecular formula is C20H15F5N4O3. The van der Waals surface area contributed by atoms with Gasteiger partial charge in [-0.2, -0.15) is 18.3 Å². The van der Waals surface area contributed by atoms with Crippen LogP contribution in [0, 0.1) is 0 Å². The summed E-state index contributed by atoms with van der Waals surface area (Å²) in [5.41, 5.74) is -0.192. The molecule has 0 saturated carbocycles. The van der Waals surface area contributed by atoms with Gasteiger partial charge in [-0.3, -0.25) is 4.79 Å². The Hall–Kier alpha value is -3.70. The number of nitrogens with one attached hydrogen (secondary N) is 1. The summed E-state index contributed by atoms with van der Waals surface area (Å²) in [7, 11) is 0. The number of hydrogen-bond acceptors (Lipinski definition) is 5. The van der Waals surface area contributed by atoms with Gasteiger partial charge in [0.15, 0.2) is 17.3 Å². The number of ether oxygens (including phenoxy) is 2. The summed E-state index contributed by atoms with van der Waals surface area (Å²) in [6.45, 7) is 3.55. The zero-order valence-electron chi connectivity index (χ0n) is 16.6. The van der Waals surface area contributed by atoms with E-state index in [1.165, 1.54) is 29.1 Å². The van der Waals surface area contributed by atoms with Gasteiger partial charge in [-0.15, -0.1) is 8.78 Å². The molecule has 168 valence electrons. The number of carbonyl (C=O) groups is 1. The lowest BCUT2D eigenvalue weighted by molar-refractivity contribution is -0.286. The van der Waals surface area contributed by atoms with E-state index in [0.717, 1.165) is 12.1 Å². The number of pyridine rings is 1. The number of alkyl halides is 5. The topological polar surface area (TPSA) is 78.3 Å². The summed E-state index contributed by atoms with van der Waals surface area (Å²) in [4.78, 5) is 16.7. The van der Waals surface area contributed by atoms with Crippen LogP contribution in [0.25, 0.3) is 5.82 Å². The number of carbonyl (C=O) groups excluding carboxylic acids is 1. The van der Waals surface area contributed by atoms with Gasteiger partial charge in [0.2, 0.25) is 0 Å². The zero-order valence-corrected chi connectivity index (χ0v) is 16.6. The maximum Gasteiger partial charge on any atom is 0.586 e. The zero-order chi connectivity index (χ0) is 23.3. The quantitative estimate of drug-likeness (QED) is 0.563. The molecule has 0 atom stereocenters. The largest absolute Gasteiger partial charge is 0.586 e. The van der Waals surface area contributed by atoms with E-state index in [1.807, 2.05) is 0 Å². The van der Waals surface area contributed by atoms with Gasteiger partial charge >= 0.3 is 12.5 Å². The van der Waals surface area contributed by atoms with Gasteiger partial charge in [0.05, 0.1) is 23.0 Å². The van der Waals surface area contributed by atoms with Gasteiger partial charge in [-0.1, -0.05) is 13.8 Å². The molecule has 0 spiro atoms. The summed E-state index contributed by atoms with van der Waals surface area (Å²) in [5.74, 6) is -1.15. The lowest BCUT2D eigenvalue weighted by Crippen LogP contribution is -2.25. The molecule has 1 aromatic carbocycles. The monoisotopic (exact) mass is 454 g/mol. The van der Waals surface area contributed by atoms with Crippen molar-refractivity contribution in [1.82, 2.24) is 14.8 Å². The first-order valence-electron chi connectivity index (χ1n) is 9.27. The van der Waals surface area contributed by atoms with E-state index in [9.17, 15) is 26.7 Å². The van der Waals surface area contributed by atoms with Crippen LogP contribution in [0.5, 0.6) is 11.5 Å². The molecule has 0 aliphatic carbocycles. The Bertz CT molecular complexity index is 1170. The van der Waals surface area contributed by atoms with E-state index >= 15 is 0 Å². The fourth-order valence-corrected chi connectivity index (χ4v) is 3.18. The van der Waals surface area contributed by atoms with Crippen LogP contribution in [0.2, 0.25) is 0 Å². The predicted octanol–water partition coefficient (Wildman–Crippen LogP) is 4.98. The third-order valence-electron chi connectivity index (χ3n) is 4.55. The Morgan fingerprint density at radius 3 is 2.44 bits per heavy atom. The highest BCUT2D eigenvalue weighted by atomic mass is 19.4. The standard InChI is InChI=1S/C20H15F5N4O3/c1-10(2)17-13(9-27-29(17)16-6-3-11(8-26-16)19(21,22)23)18(30)28-12-4-5-14-15(7-12)32-20(24,25)31-14/h3-10H,1-2H3,(H,28,30). The molecule has 0 radical (unpaired) electrons. The first-order chi connectivity index (χ1) is 14.9. The normalized spacial score (nSPS) is 14.6. The molecule has 3 heterocycles. The van der Waals surface area contributed by atoms with Crippen molar-refractivity contribution < 1.29 is 36.2 Å². The average Bonchev–Trinajstić information content (AvgIpc) is 3.27. The van der Waals surface area contributed by atoms with Crippen molar-refractivity contribution in [3.05, 3.63) is 59.5 Å². The highest BCUT2D eigenvalue weighted by Gasteiger charge is 2.43. The van der Waals surface area contributed by atoms with Gasteiger partial charge in [0, 0.05) is 18.0 Å². The minimum absolute atomic E-state index is 0.103. The van der Waals surface area contributed by atoms with Crippen molar-refractivity contribution in [3.8, 4) is 17.3 Å². The van der Waals surface area contributed by atoms with Crippen LogP contribution in [0.1, 0.15) is 41.4 Å². The molecule has 1 aliphatic rings. The van der Waals surface area contributed by atoms with E-state index in [4.69, 9.17) is 0 Å². The Balaban J connectivity index is 1.61. The second-order valence-corrected chi connectivity index (χ2v) is 7.20. The van der Waals surface area contributed by atoms with Crippen LogP contribution in [-0.2, 0) is 6.18 Å². The summed E-state index contributed by atoms with van der Waals surface area (Å²) >= 11 is 0. The molecule has 7 nitrogen and oxygen atoms in total. The van der Waals surface area contributed by atoms with Gasteiger partial charge in [0.25, 0.3) is 5.91 Å². The van der Waals surface area contributed by atoms with Crippen molar-refractivity contribution in [2.75, 3.05) is 5.32 Å². The molecule has 0 fully saturated rings. The molecule has 0 bridgehead atoms. The van der Waals surface area contributed by atoms with Gasteiger partial charge in [0.1, 0.15) is 0 Å². The molecule has 1 N–H and O–H groups in total. The third-order valence-corrected chi connectivity index (χ3v) is 4.55. The SMILES string of the molecule is CC(C)c1c(C(=O)Nc2ccc3c(c2)OC(F)(F)O3)cnn1-c1ccc(C(F)(F)F)cn1. The lowest BCUT2D eigenvalue weighted by Gasteiger charge is -2.13. The molecule has 2 aromatic heterocycles. The molecule has 1 amide bonds. The van der Waals surface area contributed by atoms with Crippen molar-refractivity contribution >= 4 is 11.6 Å². The van der Waals surface area contributed by atoms with Crippen molar-refractivity contribution in [2.24, 2.45) is 0 Å². The number of nitrogens with zero attached hydrogens (tertiary/aromatic N) is 3. The second kappa shape index (κ2) is 7.46. The van der Waals surface area contributed by atoms with Crippen molar-refractivity contribution in [3.63, 3.8) is 0 Å². The highest BCUT2D eigenvalue weighted by Crippen LogP contribution is 2.42. The Labute approximate surface area is 177 Å². The number of amides is 1. The number of rotatable bonds is 4. The van der Waals surface area contributed by atoms with E-state index in [-0.39, 0.29) is 34.5 Å². The minimum atomic E-state index is -4.53. The van der Waals surface area contributed by atoms with Gasteiger partial charge in [-0.05, 0) is 30.2 Å². The molecular weight excluding hydrogens is 439 g/mol. The van der Waals surface area contributed by atoms with E-state index in [0.29, 0.717) is 11.9 Å². The predicted molar refractivity (Wildman–Crippen MR) is 101 cm³/mol. The van der Waals surface area contributed by atoms with Crippen LogP contribution in [0.3, 0.4) is 0 Å². The Morgan fingerprint density at radius 2 is 1.81 bits per heavy atom. The first-order valence-corrected chi connectivity index (χ1v) is 9.27. The number of aromatic nitrogens is 3. The Morgan fingerprint density at radius 1 is 1.09 bits per heavy atom. The molecule has 3 aromatic rings. The number of halogens is 5. The minimum Gasteiger partial charge on any atom is -0.395 e. The van der Waals surface area contributed by atoms with E-state index in [2.05, 4.69) is 24.9 Å². The average molecular weight is 454 g/mol. The Kier molecular flexibility index (Phi) is 5.02. The summed E-state index contributed by atoms with van der Waals surface area (Å²) < 4.78 is 74.7. The molecule has 12 heteroatoms. The van der Waals surface area contributed by atoms with Crippen LogP contribution in [-0.4, -0.2) is 27.0 Å². The first kappa shape index (κ1) is 21.5. The molecule has 0 saturated heterocycles. The van der Waals surface area contributed by atoms with Crippen LogP contribution >= 0.6 is 0 Å².